The van der Waals surface area contributed by atoms with Crippen molar-refractivity contribution in [3.63, 3.8) is 0 Å². The van der Waals surface area contributed by atoms with Crippen molar-refractivity contribution in [3.05, 3.63) is 112 Å². The Morgan fingerprint density at radius 2 is 1.19 bits per heavy atom. The van der Waals surface area contributed by atoms with Gasteiger partial charge in [0.25, 0.3) is 5.69 Å². The van der Waals surface area contributed by atoms with Crippen molar-refractivity contribution < 1.29 is 4.92 Å². The summed E-state index contributed by atoms with van der Waals surface area (Å²) in [5.41, 5.74) is 4.34. The third kappa shape index (κ3) is 2.98. The lowest BCUT2D eigenvalue weighted by atomic mass is 10.1. The van der Waals surface area contributed by atoms with E-state index in [0.29, 0.717) is 5.84 Å². The Balaban J connectivity index is 1.76. The van der Waals surface area contributed by atoms with Crippen LogP contribution in [0.3, 0.4) is 0 Å². The topological polar surface area (TPSA) is 69.6 Å². The fraction of sp³-hybridized carbons (Fsp3) is 0. The first kappa shape index (κ1) is 15.8. The van der Waals surface area contributed by atoms with Crippen LogP contribution in [0.2, 0.25) is 0 Å². The van der Waals surface area contributed by atoms with Crippen molar-refractivity contribution in [1.29, 1.82) is 0 Å². The summed E-state index contributed by atoms with van der Waals surface area (Å²) in [5.74, 6) is 0.553. The van der Waals surface area contributed by atoms with Crippen LogP contribution in [0.4, 0.5) is 5.69 Å². The molecule has 5 nitrogen and oxygen atoms in total. The fourth-order valence-corrected chi connectivity index (χ4v) is 2.80. The maximum atomic E-state index is 10.9. The van der Waals surface area contributed by atoms with Gasteiger partial charge in [-0.1, -0.05) is 60.7 Å². The normalized spacial score (nSPS) is 13.3. The molecule has 0 unspecified atom stereocenters. The van der Waals surface area contributed by atoms with Crippen molar-refractivity contribution in [2.24, 2.45) is 4.99 Å². The summed E-state index contributed by atoms with van der Waals surface area (Å²) in [6.45, 7) is 0. The van der Waals surface area contributed by atoms with Crippen LogP contribution >= 0.6 is 0 Å². The number of aliphatic imine (C=N–C) groups is 1. The molecule has 0 N–H and O–H groups in total. The number of rotatable bonds is 4. The monoisotopic (exact) mass is 340 g/mol. The Morgan fingerprint density at radius 1 is 0.654 bits per heavy atom. The van der Waals surface area contributed by atoms with Crippen LogP contribution in [0.25, 0.3) is 11.4 Å². The minimum absolute atomic E-state index is 0.0480. The Morgan fingerprint density at radius 3 is 1.73 bits per heavy atom. The minimum atomic E-state index is -0.416. The van der Waals surface area contributed by atoms with Crippen LogP contribution in [0.15, 0.2) is 89.9 Å². The van der Waals surface area contributed by atoms with Crippen LogP contribution in [0.1, 0.15) is 16.7 Å². The van der Waals surface area contributed by atoms with Crippen molar-refractivity contribution in [2.45, 2.75) is 0 Å². The lowest BCUT2D eigenvalue weighted by molar-refractivity contribution is -0.384. The van der Waals surface area contributed by atoms with Crippen LogP contribution < -0.4 is 5.32 Å². The van der Waals surface area contributed by atoms with Gasteiger partial charge in [-0.25, -0.2) is 10.3 Å². The Kier molecular flexibility index (Phi) is 4.03. The van der Waals surface area contributed by atoms with E-state index >= 15 is 0 Å². The molecule has 1 heterocycles. The largest absolute Gasteiger partial charge is 0.269 e. The lowest BCUT2D eigenvalue weighted by Gasteiger charge is -2.06. The highest BCUT2D eigenvalue weighted by atomic mass is 16.6. The third-order valence-corrected chi connectivity index (χ3v) is 4.09. The molecule has 0 aliphatic carbocycles. The molecule has 0 saturated heterocycles. The first-order valence-corrected chi connectivity index (χ1v) is 8.13. The van der Waals surface area contributed by atoms with E-state index in [9.17, 15) is 10.1 Å². The van der Waals surface area contributed by atoms with Crippen molar-refractivity contribution in [3.8, 4) is 0 Å². The van der Waals surface area contributed by atoms with Crippen molar-refractivity contribution in [1.82, 2.24) is 5.32 Å². The molecule has 125 valence electrons. The maximum absolute atomic E-state index is 10.9. The van der Waals surface area contributed by atoms with Crippen molar-refractivity contribution >= 4 is 22.9 Å². The molecule has 5 heteroatoms. The van der Waals surface area contributed by atoms with E-state index in [1.165, 1.54) is 12.1 Å². The summed E-state index contributed by atoms with van der Waals surface area (Å²) in [6.07, 6.45) is 0. The second-order valence-corrected chi connectivity index (χ2v) is 5.78. The van der Waals surface area contributed by atoms with Gasteiger partial charge in [-0.2, -0.15) is 0 Å². The van der Waals surface area contributed by atoms with Gasteiger partial charge in [-0.05, 0) is 12.1 Å². The van der Waals surface area contributed by atoms with Crippen molar-refractivity contribution in [2.75, 3.05) is 0 Å². The van der Waals surface area contributed by atoms with E-state index in [2.05, 4.69) is 0 Å². The Bertz CT molecular complexity index is 1010. The maximum Gasteiger partial charge on any atom is 0.269 e. The molecule has 1 aliphatic heterocycles. The second-order valence-electron chi connectivity index (χ2n) is 5.78. The van der Waals surface area contributed by atoms with Gasteiger partial charge in [0.15, 0.2) is 5.84 Å². The van der Waals surface area contributed by atoms with Gasteiger partial charge in [-0.3, -0.25) is 10.1 Å². The summed E-state index contributed by atoms with van der Waals surface area (Å²) in [7, 11) is 0. The summed E-state index contributed by atoms with van der Waals surface area (Å²) in [5, 5.41) is 15.6. The zero-order valence-electron chi connectivity index (χ0n) is 13.7. The highest BCUT2D eigenvalue weighted by Gasteiger charge is 2.23. The van der Waals surface area contributed by atoms with E-state index < -0.39 is 4.92 Å². The number of nitrogens with zero attached hydrogens (tertiary/aromatic N) is 3. The summed E-state index contributed by atoms with van der Waals surface area (Å²) in [4.78, 5) is 15.2. The second kappa shape index (κ2) is 6.64. The summed E-state index contributed by atoms with van der Waals surface area (Å²) in [6, 6.07) is 26.0. The van der Waals surface area contributed by atoms with Crippen LogP contribution in [-0.4, -0.2) is 10.8 Å². The van der Waals surface area contributed by atoms with Gasteiger partial charge < -0.3 is 0 Å². The molecule has 0 aromatic heterocycles. The first-order chi connectivity index (χ1) is 12.7. The first-order valence-electron chi connectivity index (χ1n) is 8.13. The minimum Gasteiger partial charge on any atom is -0.258 e. The lowest BCUT2D eigenvalue weighted by Crippen LogP contribution is -2.11. The molecular weight excluding hydrogens is 326 g/mol. The van der Waals surface area contributed by atoms with Gasteiger partial charge in [0, 0.05) is 28.8 Å². The number of non-ortho nitro benzene ring substituents is 1. The van der Waals surface area contributed by atoms with Crippen LogP contribution in [0.5, 0.6) is 0 Å². The van der Waals surface area contributed by atoms with Gasteiger partial charge >= 0.3 is 0 Å². The van der Waals surface area contributed by atoms with Gasteiger partial charge in [0.1, 0.15) is 0 Å². The molecule has 1 radical (unpaired) electrons. The molecule has 0 bridgehead atoms. The number of hydrogen-bond acceptors (Lipinski definition) is 3. The van der Waals surface area contributed by atoms with Gasteiger partial charge in [0.05, 0.1) is 16.3 Å². The molecule has 0 amide bonds. The molecular formula is C21H14N3O2. The highest BCUT2D eigenvalue weighted by molar-refractivity contribution is 6.14. The zero-order chi connectivity index (χ0) is 17.9. The Labute approximate surface area is 150 Å². The quantitative estimate of drug-likeness (QED) is 0.519. The summed E-state index contributed by atoms with van der Waals surface area (Å²) < 4.78 is 0. The predicted molar refractivity (Wildman–Crippen MR) is 101 cm³/mol. The van der Waals surface area contributed by atoms with E-state index in [0.717, 1.165) is 28.1 Å². The summed E-state index contributed by atoms with van der Waals surface area (Å²) >= 11 is 0. The van der Waals surface area contributed by atoms with E-state index in [-0.39, 0.29) is 5.69 Å². The number of nitro benzene ring substituents is 1. The Hall–Kier alpha value is -3.73. The molecule has 0 saturated carbocycles. The molecule has 0 atom stereocenters. The van der Waals surface area contributed by atoms with Gasteiger partial charge in [-0.15, -0.1) is 0 Å². The fourth-order valence-electron chi connectivity index (χ4n) is 2.80. The van der Waals surface area contributed by atoms with E-state index in [1.54, 1.807) is 12.1 Å². The standard InChI is InChI=1S/C21H14N3O2/c25-24(26)18-13-11-17(12-14-18)21-22-19(15-7-3-1-4-8-15)20(23-21)16-9-5-2-6-10-16/h1-14H. The van der Waals surface area contributed by atoms with Crippen LogP contribution in [-0.2, 0) is 0 Å². The molecule has 1 aliphatic rings. The number of amidine groups is 1. The van der Waals surface area contributed by atoms with Gasteiger partial charge in [0.2, 0.25) is 0 Å². The molecule has 3 aromatic carbocycles. The zero-order valence-corrected chi connectivity index (χ0v) is 13.7. The van der Waals surface area contributed by atoms with Crippen LogP contribution in [0, 0.1) is 10.1 Å². The van der Waals surface area contributed by atoms with E-state index in [1.807, 2.05) is 60.7 Å². The number of nitro groups is 1. The SMILES string of the molecule is O=[N+]([O-])c1ccc(C2=NC(c3ccccc3)=C(c3ccccc3)[N]2)cc1. The molecule has 4 rings (SSSR count). The molecule has 0 fully saturated rings. The number of hydrogen-bond donors (Lipinski definition) is 0. The molecule has 0 spiro atoms. The average Bonchev–Trinajstić information content (AvgIpc) is 3.15. The smallest absolute Gasteiger partial charge is 0.258 e. The average molecular weight is 340 g/mol. The molecule has 26 heavy (non-hydrogen) atoms. The van der Waals surface area contributed by atoms with E-state index in [4.69, 9.17) is 10.3 Å². The predicted octanol–water partition coefficient (Wildman–Crippen LogP) is 4.49. The third-order valence-electron chi connectivity index (χ3n) is 4.09. The highest BCUT2D eigenvalue weighted by Crippen LogP contribution is 2.32. The molecule has 3 aromatic rings. The number of benzene rings is 3.